The summed E-state index contributed by atoms with van der Waals surface area (Å²) in [5.41, 5.74) is 1.34. The molecule has 0 amide bonds. The van der Waals surface area contributed by atoms with Gasteiger partial charge in [0.2, 0.25) is 0 Å². The molecule has 0 aliphatic carbocycles. The van der Waals surface area contributed by atoms with Gasteiger partial charge in [-0.15, -0.1) is 0 Å². The predicted molar refractivity (Wildman–Crippen MR) is 64.6 cm³/mol. The molecule has 0 saturated carbocycles. The molecule has 1 aliphatic rings. The van der Waals surface area contributed by atoms with E-state index in [-0.39, 0.29) is 6.10 Å². The Morgan fingerprint density at radius 3 is 2.53 bits per heavy atom. The Hall–Kier alpha value is -0.380. The molecular formula is C12H16BrNO. The van der Waals surface area contributed by atoms with Gasteiger partial charge in [0.15, 0.2) is 0 Å². The summed E-state index contributed by atoms with van der Waals surface area (Å²) < 4.78 is 1.12. The van der Waals surface area contributed by atoms with Crippen LogP contribution < -0.4 is 0 Å². The normalized spacial score (nSPS) is 19.9. The maximum absolute atomic E-state index is 9.36. The van der Waals surface area contributed by atoms with Crippen LogP contribution in [-0.4, -0.2) is 29.2 Å². The van der Waals surface area contributed by atoms with Gasteiger partial charge in [-0.2, -0.15) is 0 Å². The van der Waals surface area contributed by atoms with E-state index in [1.54, 1.807) is 0 Å². The van der Waals surface area contributed by atoms with Gasteiger partial charge in [0.25, 0.3) is 0 Å². The van der Waals surface area contributed by atoms with Crippen molar-refractivity contribution in [3.8, 4) is 0 Å². The molecule has 15 heavy (non-hydrogen) atoms. The molecule has 1 aromatic rings. The van der Waals surface area contributed by atoms with Crippen LogP contribution in [0.15, 0.2) is 28.7 Å². The first kappa shape index (κ1) is 11.1. The Labute approximate surface area is 99.0 Å². The van der Waals surface area contributed by atoms with Crippen LogP contribution in [0.2, 0.25) is 0 Å². The van der Waals surface area contributed by atoms with E-state index in [1.165, 1.54) is 5.56 Å². The van der Waals surface area contributed by atoms with Crippen LogP contribution in [-0.2, 0) is 6.54 Å². The molecule has 1 aromatic carbocycles. The lowest BCUT2D eigenvalue weighted by Gasteiger charge is -2.40. The molecule has 0 bridgehead atoms. The van der Waals surface area contributed by atoms with Gasteiger partial charge in [-0.05, 0) is 24.6 Å². The monoisotopic (exact) mass is 269 g/mol. The highest BCUT2D eigenvalue weighted by atomic mass is 79.9. The predicted octanol–water partition coefficient (Wildman–Crippen LogP) is 2.26. The van der Waals surface area contributed by atoms with Gasteiger partial charge in [-0.1, -0.05) is 28.1 Å². The Balaban J connectivity index is 1.82. The van der Waals surface area contributed by atoms with Crippen molar-refractivity contribution in [2.75, 3.05) is 13.1 Å². The first-order chi connectivity index (χ1) is 7.15. The van der Waals surface area contributed by atoms with Gasteiger partial charge < -0.3 is 5.11 Å². The van der Waals surface area contributed by atoms with E-state index in [1.807, 2.05) is 6.92 Å². The van der Waals surface area contributed by atoms with E-state index in [9.17, 15) is 5.11 Å². The first-order valence-corrected chi connectivity index (χ1v) is 6.09. The highest BCUT2D eigenvalue weighted by Crippen LogP contribution is 2.22. The lowest BCUT2D eigenvalue weighted by atomic mass is 9.94. The van der Waals surface area contributed by atoms with Crippen LogP contribution in [0.4, 0.5) is 0 Å². The van der Waals surface area contributed by atoms with E-state index in [0.717, 1.165) is 24.1 Å². The standard InChI is InChI=1S/C12H16BrNO/c1-9(15)11-7-14(8-11)6-10-2-4-12(13)5-3-10/h2-5,9,11,15H,6-8H2,1H3. The zero-order chi connectivity index (χ0) is 10.8. The molecule has 1 fully saturated rings. The molecular weight excluding hydrogens is 254 g/mol. The molecule has 1 N–H and O–H groups in total. The highest BCUT2D eigenvalue weighted by Gasteiger charge is 2.29. The molecule has 2 nitrogen and oxygen atoms in total. The fourth-order valence-corrected chi connectivity index (χ4v) is 2.16. The molecule has 1 unspecified atom stereocenters. The molecule has 82 valence electrons. The largest absolute Gasteiger partial charge is 0.393 e. The Morgan fingerprint density at radius 2 is 2.00 bits per heavy atom. The molecule has 0 aromatic heterocycles. The number of hydrogen-bond donors (Lipinski definition) is 1. The van der Waals surface area contributed by atoms with Crippen LogP contribution in [0, 0.1) is 5.92 Å². The van der Waals surface area contributed by atoms with Crippen molar-refractivity contribution < 1.29 is 5.11 Å². The number of likely N-dealkylation sites (tertiary alicyclic amines) is 1. The minimum Gasteiger partial charge on any atom is -0.393 e. The number of nitrogens with zero attached hydrogens (tertiary/aromatic N) is 1. The van der Waals surface area contributed by atoms with Crippen LogP contribution in [0.5, 0.6) is 0 Å². The molecule has 2 rings (SSSR count). The molecule has 1 heterocycles. The van der Waals surface area contributed by atoms with Crippen molar-refractivity contribution in [1.29, 1.82) is 0 Å². The van der Waals surface area contributed by atoms with Crippen molar-refractivity contribution in [3.63, 3.8) is 0 Å². The number of halogens is 1. The van der Waals surface area contributed by atoms with Crippen molar-refractivity contribution in [3.05, 3.63) is 34.3 Å². The molecule has 1 aliphatic heterocycles. The van der Waals surface area contributed by atoms with Crippen molar-refractivity contribution in [1.82, 2.24) is 4.90 Å². The SMILES string of the molecule is CC(O)C1CN(Cc2ccc(Br)cc2)C1. The lowest BCUT2D eigenvalue weighted by molar-refractivity contribution is 0.00121. The van der Waals surface area contributed by atoms with Gasteiger partial charge in [0, 0.05) is 30.0 Å². The number of hydrogen-bond acceptors (Lipinski definition) is 2. The average molecular weight is 270 g/mol. The minimum atomic E-state index is -0.161. The van der Waals surface area contributed by atoms with Crippen molar-refractivity contribution in [2.24, 2.45) is 5.92 Å². The summed E-state index contributed by atoms with van der Waals surface area (Å²) in [6.07, 6.45) is -0.161. The Morgan fingerprint density at radius 1 is 1.40 bits per heavy atom. The van der Waals surface area contributed by atoms with E-state index in [2.05, 4.69) is 45.1 Å². The van der Waals surface area contributed by atoms with Crippen LogP contribution in [0.1, 0.15) is 12.5 Å². The maximum atomic E-state index is 9.36. The minimum absolute atomic E-state index is 0.161. The second kappa shape index (κ2) is 4.64. The number of benzene rings is 1. The highest BCUT2D eigenvalue weighted by molar-refractivity contribution is 9.10. The summed E-state index contributed by atoms with van der Waals surface area (Å²) >= 11 is 3.42. The summed E-state index contributed by atoms with van der Waals surface area (Å²) in [6, 6.07) is 8.42. The maximum Gasteiger partial charge on any atom is 0.0564 e. The molecule has 0 radical (unpaired) electrons. The van der Waals surface area contributed by atoms with Gasteiger partial charge >= 0.3 is 0 Å². The van der Waals surface area contributed by atoms with Crippen LogP contribution >= 0.6 is 15.9 Å². The first-order valence-electron chi connectivity index (χ1n) is 5.30. The smallest absolute Gasteiger partial charge is 0.0564 e. The Bertz CT molecular complexity index is 317. The van der Waals surface area contributed by atoms with E-state index in [4.69, 9.17) is 0 Å². The van der Waals surface area contributed by atoms with Crippen molar-refractivity contribution >= 4 is 15.9 Å². The molecule has 0 spiro atoms. The zero-order valence-electron chi connectivity index (χ0n) is 8.86. The molecule has 3 heteroatoms. The number of rotatable bonds is 3. The Kier molecular flexibility index (Phi) is 3.44. The van der Waals surface area contributed by atoms with Crippen LogP contribution in [0.25, 0.3) is 0 Å². The van der Waals surface area contributed by atoms with Crippen molar-refractivity contribution in [2.45, 2.75) is 19.6 Å². The third kappa shape index (κ3) is 2.80. The van der Waals surface area contributed by atoms with E-state index in [0.29, 0.717) is 5.92 Å². The summed E-state index contributed by atoms with van der Waals surface area (Å²) in [6.45, 7) is 4.92. The number of aliphatic hydroxyl groups excluding tert-OH is 1. The molecule has 1 saturated heterocycles. The van der Waals surface area contributed by atoms with E-state index < -0.39 is 0 Å². The topological polar surface area (TPSA) is 23.5 Å². The van der Waals surface area contributed by atoms with E-state index >= 15 is 0 Å². The summed E-state index contributed by atoms with van der Waals surface area (Å²) in [5, 5.41) is 9.36. The summed E-state index contributed by atoms with van der Waals surface area (Å²) in [4.78, 5) is 2.36. The van der Waals surface area contributed by atoms with Gasteiger partial charge in [-0.25, -0.2) is 0 Å². The van der Waals surface area contributed by atoms with Gasteiger partial charge in [-0.3, -0.25) is 4.90 Å². The average Bonchev–Trinajstić information content (AvgIpc) is 2.13. The van der Waals surface area contributed by atoms with Gasteiger partial charge in [0.1, 0.15) is 0 Å². The summed E-state index contributed by atoms with van der Waals surface area (Å²) in [7, 11) is 0. The zero-order valence-corrected chi connectivity index (χ0v) is 10.4. The quantitative estimate of drug-likeness (QED) is 0.910. The second-order valence-electron chi connectivity index (χ2n) is 4.32. The third-order valence-electron chi connectivity index (χ3n) is 2.99. The fourth-order valence-electron chi connectivity index (χ4n) is 1.89. The van der Waals surface area contributed by atoms with Crippen LogP contribution in [0.3, 0.4) is 0 Å². The molecule has 1 atom stereocenters. The second-order valence-corrected chi connectivity index (χ2v) is 5.24. The number of aliphatic hydroxyl groups is 1. The lowest BCUT2D eigenvalue weighted by Crippen LogP contribution is -2.50. The summed E-state index contributed by atoms with van der Waals surface area (Å²) in [5.74, 6) is 0.473. The fraction of sp³-hybridized carbons (Fsp3) is 0.500. The third-order valence-corrected chi connectivity index (χ3v) is 3.52. The van der Waals surface area contributed by atoms with Gasteiger partial charge in [0.05, 0.1) is 6.10 Å².